The molecular weight excluding hydrogens is 528 g/mol. The Morgan fingerprint density at radius 2 is 1.95 bits per heavy atom. The van der Waals surface area contributed by atoms with Crippen molar-refractivity contribution < 1.29 is 27.8 Å². The van der Waals surface area contributed by atoms with Crippen LogP contribution in [0.4, 0.5) is 17.2 Å². The van der Waals surface area contributed by atoms with Crippen molar-refractivity contribution in [3.05, 3.63) is 41.9 Å². The predicted molar refractivity (Wildman–Crippen MR) is 151 cm³/mol. The smallest absolute Gasteiger partial charge is 0.261 e. The maximum atomic E-state index is 12.9. The Labute approximate surface area is 241 Å². The van der Waals surface area contributed by atoms with Gasteiger partial charge in [0, 0.05) is 62.4 Å². The van der Waals surface area contributed by atoms with Crippen LogP contribution in [0.5, 0.6) is 5.75 Å². The van der Waals surface area contributed by atoms with Gasteiger partial charge in [0.25, 0.3) is 11.8 Å². The number of methoxy groups -OCH3 is 1. The molecule has 1 saturated heterocycles. The van der Waals surface area contributed by atoms with Gasteiger partial charge in [0.2, 0.25) is 11.8 Å². The summed E-state index contributed by atoms with van der Waals surface area (Å²) in [5.74, 6) is 0.136. The van der Waals surface area contributed by atoms with Crippen LogP contribution in [0, 0.1) is 5.92 Å². The lowest BCUT2D eigenvalue weighted by Gasteiger charge is -2.36. The number of ether oxygens (including phenoxy) is 1. The number of hydrogen-bond acceptors (Lipinski definition) is 10. The number of carbonyl (C=O) groups excluding carboxylic acids is 3. The number of aromatic nitrogens is 3. The van der Waals surface area contributed by atoms with Gasteiger partial charge in [-0.1, -0.05) is 11.2 Å². The summed E-state index contributed by atoms with van der Waals surface area (Å²) in [7, 11) is 1.47. The van der Waals surface area contributed by atoms with Crippen molar-refractivity contribution in [2.24, 2.45) is 5.92 Å². The minimum Gasteiger partial charge on any atom is -0.494 e. The van der Waals surface area contributed by atoms with Crippen LogP contribution in [0.15, 0.2) is 35.0 Å². The van der Waals surface area contributed by atoms with Crippen molar-refractivity contribution in [2.75, 3.05) is 50.9 Å². The second kappa shape index (κ2) is 11.9. The molecule has 3 aromatic rings. The van der Waals surface area contributed by atoms with Gasteiger partial charge in [0.15, 0.2) is 11.6 Å². The molecule has 1 saturated carbocycles. The van der Waals surface area contributed by atoms with E-state index in [1.165, 1.54) is 19.4 Å². The lowest BCUT2D eigenvalue weighted by molar-refractivity contribution is -0.130. The van der Waals surface area contributed by atoms with Gasteiger partial charge < -0.3 is 30.1 Å². The lowest BCUT2D eigenvalue weighted by atomic mass is 10.1. The molecule has 2 fully saturated rings. The van der Waals surface area contributed by atoms with Gasteiger partial charge in [0.05, 0.1) is 35.7 Å². The third-order valence-corrected chi connectivity index (χ3v) is 7.30. The largest absolute Gasteiger partial charge is 0.494 e. The van der Waals surface area contributed by atoms with Crippen LogP contribution in [0.3, 0.4) is 0 Å². The topological polar surface area (TPSA) is 155 Å². The molecule has 0 spiro atoms. The van der Waals surface area contributed by atoms with Gasteiger partial charge in [-0.2, -0.15) is 4.98 Å². The van der Waals surface area contributed by atoms with E-state index in [1.807, 2.05) is 12.2 Å². The SMILES string of the molecule is [2H]C([2H])([2H])NC(=O)c1cnc(NC(=O)C2CC2)cc1Nc1cccc(-c2nc(C(C)N3CCN(C(C)=O)CC3)no2)c1OC. The fraction of sp³-hybridized carbons (Fsp3) is 0.429. The van der Waals surface area contributed by atoms with Crippen LogP contribution in [-0.4, -0.2) is 82.9 Å². The number of piperazine rings is 1. The highest BCUT2D eigenvalue weighted by atomic mass is 16.5. The Bertz CT molecular complexity index is 1550. The summed E-state index contributed by atoms with van der Waals surface area (Å²) in [5, 5.41) is 12.0. The number of nitrogens with zero attached hydrogens (tertiary/aromatic N) is 5. The number of rotatable bonds is 9. The molecular formula is C28H34N8O5. The second-order valence-electron chi connectivity index (χ2n) is 10.0. The van der Waals surface area contributed by atoms with Gasteiger partial charge in [0.1, 0.15) is 5.82 Å². The Morgan fingerprint density at radius 1 is 1.17 bits per heavy atom. The molecule has 1 aliphatic heterocycles. The van der Waals surface area contributed by atoms with E-state index in [0.29, 0.717) is 49.0 Å². The highest BCUT2D eigenvalue weighted by molar-refractivity contribution is 6.01. The molecule has 3 amide bonds. The number of carbonyl (C=O) groups is 3. The third kappa shape index (κ3) is 6.14. The predicted octanol–water partition coefficient (Wildman–Crippen LogP) is 2.82. The summed E-state index contributed by atoms with van der Waals surface area (Å²) < 4.78 is 33.7. The minimum atomic E-state index is -2.72. The number of pyridine rings is 1. The van der Waals surface area contributed by atoms with E-state index < -0.39 is 12.9 Å². The van der Waals surface area contributed by atoms with Crippen molar-refractivity contribution in [1.82, 2.24) is 30.2 Å². The van der Waals surface area contributed by atoms with Crippen molar-refractivity contribution in [3.63, 3.8) is 0 Å². The third-order valence-electron chi connectivity index (χ3n) is 7.30. The molecule has 13 heteroatoms. The van der Waals surface area contributed by atoms with Gasteiger partial charge >= 0.3 is 0 Å². The second-order valence-corrected chi connectivity index (χ2v) is 10.0. The molecule has 1 aromatic carbocycles. The monoisotopic (exact) mass is 565 g/mol. The quantitative estimate of drug-likeness (QED) is 0.353. The first-order chi connectivity index (χ1) is 20.9. The van der Waals surface area contributed by atoms with Crippen LogP contribution in [0.25, 0.3) is 11.5 Å². The van der Waals surface area contributed by atoms with Crippen LogP contribution in [-0.2, 0) is 9.59 Å². The number of anilines is 3. The number of nitrogens with one attached hydrogen (secondary N) is 3. The molecule has 2 aliphatic rings. The van der Waals surface area contributed by atoms with E-state index in [2.05, 4.69) is 30.7 Å². The molecule has 3 heterocycles. The van der Waals surface area contributed by atoms with Crippen molar-refractivity contribution in [2.45, 2.75) is 32.7 Å². The molecule has 1 aliphatic carbocycles. The first-order valence-corrected chi connectivity index (χ1v) is 13.3. The molecule has 216 valence electrons. The maximum absolute atomic E-state index is 12.9. The zero-order valence-electron chi connectivity index (χ0n) is 26.1. The van der Waals surface area contributed by atoms with Crippen LogP contribution < -0.4 is 20.7 Å². The zero-order chi connectivity index (χ0) is 31.6. The molecule has 1 unspecified atom stereocenters. The Morgan fingerprint density at radius 3 is 2.63 bits per heavy atom. The number of hydrogen-bond donors (Lipinski definition) is 3. The first kappa shape index (κ1) is 24.3. The van der Waals surface area contributed by atoms with E-state index in [1.54, 1.807) is 30.0 Å². The van der Waals surface area contributed by atoms with Gasteiger partial charge in [-0.15, -0.1) is 0 Å². The summed E-state index contributed by atoms with van der Waals surface area (Å²) in [4.78, 5) is 49.7. The molecule has 3 N–H and O–H groups in total. The standard InChI is InChI=1S/C28H34N8O5/c1-16(35-10-12-36(13-11-35)17(2)37)25-33-28(41-34-25)19-6-5-7-21(24(19)40-4)31-22-14-23(32-26(38)18-8-9-18)30-15-20(22)27(39)29-3/h5-7,14-16,18H,8-13H2,1-4H3,(H,29,39)(H2,30,31,32,38)/i3D3. The highest BCUT2D eigenvalue weighted by Crippen LogP contribution is 2.38. The average Bonchev–Trinajstić information content (AvgIpc) is 3.72. The van der Waals surface area contributed by atoms with E-state index in [0.717, 1.165) is 12.8 Å². The van der Waals surface area contributed by atoms with Gasteiger partial charge in [-0.05, 0) is 31.9 Å². The summed E-state index contributed by atoms with van der Waals surface area (Å²) in [6, 6.07) is 6.47. The fourth-order valence-electron chi connectivity index (χ4n) is 4.72. The average molecular weight is 566 g/mol. The van der Waals surface area contributed by atoms with Crippen LogP contribution in [0.1, 0.15) is 53.0 Å². The maximum Gasteiger partial charge on any atom is 0.261 e. The Hall–Kier alpha value is -4.52. The normalized spacial score (nSPS) is 17.5. The van der Waals surface area contributed by atoms with Gasteiger partial charge in [-0.3, -0.25) is 19.3 Å². The first-order valence-electron chi connectivity index (χ1n) is 14.8. The van der Waals surface area contributed by atoms with E-state index in [-0.39, 0.29) is 46.7 Å². The number of para-hydroxylation sites is 1. The summed E-state index contributed by atoms with van der Waals surface area (Å²) in [6.07, 6.45) is 2.80. The van der Waals surface area contributed by atoms with Crippen LogP contribution in [0.2, 0.25) is 0 Å². The lowest BCUT2D eigenvalue weighted by Crippen LogP contribution is -2.48. The molecule has 0 radical (unpaired) electrons. The van der Waals surface area contributed by atoms with Crippen molar-refractivity contribution in [3.8, 4) is 17.2 Å². The molecule has 0 bridgehead atoms. The Balaban J connectivity index is 1.41. The number of benzene rings is 1. The summed E-state index contributed by atoms with van der Waals surface area (Å²) in [6.45, 7) is 3.42. The zero-order valence-corrected chi connectivity index (χ0v) is 23.1. The number of amides is 3. The summed E-state index contributed by atoms with van der Waals surface area (Å²) >= 11 is 0. The molecule has 13 nitrogen and oxygen atoms in total. The van der Waals surface area contributed by atoms with E-state index in [9.17, 15) is 14.4 Å². The highest BCUT2D eigenvalue weighted by Gasteiger charge is 2.30. The molecule has 1 atom stereocenters. The minimum absolute atomic E-state index is 0.0516. The summed E-state index contributed by atoms with van der Waals surface area (Å²) in [5.41, 5.74) is 1.02. The molecule has 2 aromatic heterocycles. The van der Waals surface area contributed by atoms with Crippen molar-refractivity contribution >= 4 is 34.9 Å². The van der Waals surface area contributed by atoms with Crippen LogP contribution >= 0.6 is 0 Å². The van der Waals surface area contributed by atoms with Crippen molar-refractivity contribution in [1.29, 1.82) is 0 Å². The molecule has 5 rings (SSSR count). The molecule has 41 heavy (non-hydrogen) atoms. The van der Waals surface area contributed by atoms with E-state index in [4.69, 9.17) is 13.4 Å². The van der Waals surface area contributed by atoms with E-state index >= 15 is 0 Å². The fourth-order valence-corrected chi connectivity index (χ4v) is 4.72. The Kier molecular flexibility index (Phi) is 7.06. The van der Waals surface area contributed by atoms with Gasteiger partial charge in [-0.25, -0.2) is 4.98 Å².